The van der Waals surface area contributed by atoms with Gasteiger partial charge in [0, 0.05) is 12.2 Å². The number of carbonyl (C=O) groups is 3. The van der Waals surface area contributed by atoms with Crippen molar-refractivity contribution < 1.29 is 28.6 Å². The molecule has 0 atom stereocenters. The summed E-state index contributed by atoms with van der Waals surface area (Å²) in [7, 11) is 2.45. The van der Waals surface area contributed by atoms with Crippen LogP contribution < -0.4 is 10.1 Å². The third kappa shape index (κ3) is 6.30. The number of nitrogens with one attached hydrogen (secondary N) is 1. The number of amides is 1. The quantitative estimate of drug-likeness (QED) is 0.233. The third-order valence-corrected chi connectivity index (χ3v) is 5.81. The average Bonchev–Trinajstić information content (AvgIpc) is 3.29. The number of thioether (sulfide) groups is 1. The molecule has 0 aliphatic heterocycles. The predicted molar refractivity (Wildman–Crippen MR) is 135 cm³/mol. The summed E-state index contributed by atoms with van der Waals surface area (Å²) in [6.07, 6.45) is 1.72. The lowest BCUT2D eigenvalue weighted by Crippen LogP contribution is -2.16. The zero-order valence-corrected chi connectivity index (χ0v) is 21.0. The minimum Gasteiger partial charge on any atom is -0.493 e. The summed E-state index contributed by atoms with van der Waals surface area (Å²) in [6.45, 7) is 6.64. The summed E-state index contributed by atoms with van der Waals surface area (Å²) in [5.41, 5.74) is 1.24. The van der Waals surface area contributed by atoms with Crippen molar-refractivity contribution >= 4 is 35.3 Å². The van der Waals surface area contributed by atoms with Gasteiger partial charge in [0.1, 0.15) is 5.75 Å². The van der Waals surface area contributed by atoms with E-state index in [1.54, 1.807) is 6.08 Å². The number of carbonyl (C=O) groups excluding carboxylic acids is 3. The standard InChI is InChI=1S/C25H26N4O6S/c1-5-11-29-22(19-9-7-8-10-20(19)35-6-2)27-28-25(29)36-15-21(30)26-18-13-16(23(31)33-3)12-17(14-18)24(32)34-4/h5,7-10,12-14H,1,6,11,15H2,2-4H3,(H,26,30). The molecule has 0 aliphatic rings. The van der Waals surface area contributed by atoms with Crippen LogP contribution in [0.1, 0.15) is 27.6 Å². The maximum atomic E-state index is 12.7. The number of benzene rings is 2. The molecule has 0 fully saturated rings. The molecule has 1 amide bonds. The molecule has 36 heavy (non-hydrogen) atoms. The zero-order valence-electron chi connectivity index (χ0n) is 20.1. The van der Waals surface area contributed by atoms with Crippen molar-refractivity contribution in [2.24, 2.45) is 0 Å². The Morgan fingerprint density at radius 2 is 1.72 bits per heavy atom. The average molecular weight is 511 g/mol. The van der Waals surface area contributed by atoms with Crippen molar-refractivity contribution in [3.63, 3.8) is 0 Å². The molecule has 0 saturated heterocycles. The Morgan fingerprint density at radius 1 is 1.06 bits per heavy atom. The minimum atomic E-state index is -0.650. The van der Waals surface area contributed by atoms with Crippen LogP contribution in [0.15, 0.2) is 60.3 Å². The summed E-state index contributed by atoms with van der Waals surface area (Å²) in [4.78, 5) is 36.7. The van der Waals surface area contributed by atoms with E-state index in [9.17, 15) is 14.4 Å². The molecule has 0 saturated carbocycles. The van der Waals surface area contributed by atoms with Gasteiger partial charge in [-0.2, -0.15) is 0 Å². The number of rotatable bonds is 11. The Morgan fingerprint density at radius 3 is 2.33 bits per heavy atom. The first-order valence-electron chi connectivity index (χ1n) is 10.9. The van der Waals surface area contributed by atoms with Crippen LogP contribution >= 0.6 is 11.8 Å². The monoisotopic (exact) mass is 510 g/mol. The van der Waals surface area contributed by atoms with Gasteiger partial charge >= 0.3 is 11.9 Å². The number of para-hydroxylation sites is 1. The Kier molecular flexibility index (Phi) is 9.23. The highest BCUT2D eigenvalue weighted by Crippen LogP contribution is 2.31. The first-order chi connectivity index (χ1) is 17.4. The smallest absolute Gasteiger partial charge is 0.337 e. The van der Waals surface area contributed by atoms with Crippen LogP contribution in [0.5, 0.6) is 5.75 Å². The van der Waals surface area contributed by atoms with E-state index in [2.05, 4.69) is 22.1 Å². The SMILES string of the molecule is C=CCn1c(SCC(=O)Nc2cc(C(=O)OC)cc(C(=O)OC)c2)nnc1-c1ccccc1OCC. The maximum absolute atomic E-state index is 12.7. The van der Waals surface area contributed by atoms with E-state index < -0.39 is 11.9 Å². The highest BCUT2D eigenvalue weighted by molar-refractivity contribution is 7.99. The summed E-state index contributed by atoms with van der Waals surface area (Å²) < 4.78 is 17.0. The molecule has 0 unspecified atom stereocenters. The summed E-state index contributed by atoms with van der Waals surface area (Å²) in [5, 5.41) is 11.8. The topological polar surface area (TPSA) is 122 Å². The van der Waals surface area contributed by atoms with Crippen LogP contribution in [0.4, 0.5) is 5.69 Å². The van der Waals surface area contributed by atoms with Crippen LogP contribution in [-0.2, 0) is 20.8 Å². The van der Waals surface area contributed by atoms with E-state index >= 15 is 0 Å². The Bertz CT molecular complexity index is 1240. The molecule has 10 nitrogen and oxygen atoms in total. The first kappa shape index (κ1) is 26.5. The van der Waals surface area contributed by atoms with Gasteiger partial charge in [0.2, 0.25) is 5.91 Å². The van der Waals surface area contributed by atoms with Gasteiger partial charge in [0.05, 0.1) is 43.3 Å². The van der Waals surface area contributed by atoms with Gasteiger partial charge in [0.15, 0.2) is 11.0 Å². The van der Waals surface area contributed by atoms with E-state index in [-0.39, 0.29) is 28.5 Å². The number of hydrogen-bond donors (Lipinski definition) is 1. The van der Waals surface area contributed by atoms with Crippen molar-refractivity contribution in [2.45, 2.75) is 18.6 Å². The second kappa shape index (κ2) is 12.5. The molecule has 0 spiro atoms. The van der Waals surface area contributed by atoms with E-state index in [0.29, 0.717) is 29.9 Å². The van der Waals surface area contributed by atoms with Crippen LogP contribution in [-0.4, -0.2) is 59.2 Å². The van der Waals surface area contributed by atoms with Gasteiger partial charge in [0.25, 0.3) is 0 Å². The van der Waals surface area contributed by atoms with Crippen molar-refractivity contribution in [3.8, 4) is 17.1 Å². The lowest BCUT2D eigenvalue weighted by molar-refractivity contribution is -0.113. The highest BCUT2D eigenvalue weighted by atomic mass is 32.2. The molecular weight excluding hydrogens is 484 g/mol. The molecule has 188 valence electrons. The lowest BCUT2D eigenvalue weighted by atomic mass is 10.1. The fourth-order valence-corrected chi connectivity index (χ4v) is 4.07. The molecule has 0 aliphatic carbocycles. The normalized spacial score (nSPS) is 10.4. The number of anilines is 1. The van der Waals surface area contributed by atoms with Crippen LogP contribution in [0.2, 0.25) is 0 Å². The number of aromatic nitrogens is 3. The predicted octanol–water partition coefficient (Wildman–Crippen LogP) is 3.83. The number of hydrogen-bond acceptors (Lipinski definition) is 9. The Balaban J connectivity index is 1.79. The maximum Gasteiger partial charge on any atom is 0.337 e. The van der Waals surface area contributed by atoms with Crippen molar-refractivity contribution in [1.82, 2.24) is 14.8 Å². The van der Waals surface area contributed by atoms with Gasteiger partial charge in [-0.25, -0.2) is 9.59 Å². The van der Waals surface area contributed by atoms with Crippen LogP contribution in [0.3, 0.4) is 0 Å². The number of nitrogens with zero attached hydrogens (tertiary/aromatic N) is 3. The minimum absolute atomic E-state index is 0.00159. The highest BCUT2D eigenvalue weighted by Gasteiger charge is 2.19. The summed E-state index contributed by atoms with van der Waals surface area (Å²) in [6, 6.07) is 11.7. The number of ether oxygens (including phenoxy) is 3. The fraction of sp³-hybridized carbons (Fsp3) is 0.240. The van der Waals surface area contributed by atoms with E-state index in [4.69, 9.17) is 14.2 Å². The van der Waals surface area contributed by atoms with Crippen LogP contribution in [0, 0.1) is 0 Å². The molecule has 0 radical (unpaired) electrons. The second-order valence-corrected chi connectivity index (χ2v) is 8.20. The second-order valence-electron chi connectivity index (χ2n) is 7.25. The van der Waals surface area contributed by atoms with Crippen molar-refractivity contribution in [2.75, 3.05) is 31.9 Å². The van der Waals surface area contributed by atoms with Gasteiger partial charge in [-0.1, -0.05) is 30.0 Å². The van der Waals surface area contributed by atoms with Gasteiger partial charge in [-0.15, -0.1) is 16.8 Å². The van der Waals surface area contributed by atoms with Gasteiger partial charge < -0.3 is 19.5 Å². The van der Waals surface area contributed by atoms with Gasteiger partial charge in [-0.3, -0.25) is 9.36 Å². The molecule has 3 aromatic rings. The zero-order chi connectivity index (χ0) is 26.1. The van der Waals surface area contributed by atoms with Crippen molar-refractivity contribution in [1.29, 1.82) is 0 Å². The summed E-state index contributed by atoms with van der Waals surface area (Å²) in [5.74, 6) is -0.402. The van der Waals surface area contributed by atoms with Crippen molar-refractivity contribution in [3.05, 3.63) is 66.2 Å². The molecule has 3 rings (SSSR count). The van der Waals surface area contributed by atoms with Gasteiger partial charge in [-0.05, 0) is 37.3 Å². The van der Waals surface area contributed by atoms with E-state index in [1.807, 2.05) is 35.8 Å². The number of esters is 2. The third-order valence-electron chi connectivity index (χ3n) is 4.85. The lowest BCUT2D eigenvalue weighted by Gasteiger charge is -2.12. The summed E-state index contributed by atoms with van der Waals surface area (Å²) >= 11 is 1.18. The van der Waals surface area contributed by atoms with Crippen LogP contribution in [0.25, 0.3) is 11.4 Å². The Hall–Kier alpha value is -4.12. The number of methoxy groups -OCH3 is 2. The molecule has 1 aromatic heterocycles. The molecule has 2 aromatic carbocycles. The number of allylic oxidation sites excluding steroid dienone is 1. The molecular formula is C25H26N4O6S. The largest absolute Gasteiger partial charge is 0.493 e. The van der Waals surface area contributed by atoms with E-state index in [1.165, 1.54) is 44.2 Å². The fourth-order valence-electron chi connectivity index (χ4n) is 3.32. The molecule has 11 heteroatoms. The Labute approximate surface area is 212 Å². The first-order valence-corrected chi connectivity index (χ1v) is 11.9. The molecule has 0 bridgehead atoms. The molecule has 1 N–H and O–H groups in total. The molecule has 1 heterocycles. The van der Waals surface area contributed by atoms with E-state index in [0.717, 1.165) is 5.56 Å².